The van der Waals surface area contributed by atoms with Gasteiger partial charge in [0.05, 0.1) is 17.6 Å². The largest absolute Gasteiger partial charge is 0.465 e. The number of nitrogen functional groups attached to an aromatic ring is 1. The van der Waals surface area contributed by atoms with Gasteiger partial charge in [-0.25, -0.2) is 17.9 Å². The van der Waals surface area contributed by atoms with Gasteiger partial charge in [-0.05, 0) is 36.6 Å². The monoisotopic (exact) mass is 318 g/mol. The van der Waals surface area contributed by atoms with Gasteiger partial charge in [0, 0.05) is 12.2 Å². The minimum atomic E-state index is -3.76. The van der Waals surface area contributed by atoms with Gasteiger partial charge in [0.1, 0.15) is 0 Å². The van der Waals surface area contributed by atoms with Crippen molar-refractivity contribution in [1.29, 1.82) is 0 Å². The molecule has 1 rings (SSSR count). The molecule has 3 N–H and O–H groups in total. The molecule has 0 amide bonds. The van der Waals surface area contributed by atoms with Crippen LogP contribution in [0.15, 0.2) is 23.1 Å². The normalized spacial score (nSPS) is 11.3. The van der Waals surface area contributed by atoms with Gasteiger partial charge in [-0.3, -0.25) is 0 Å². The van der Waals surface area contributed by atoms with E-state index in [0.717, 1.165) is 5.75 Å². The SMILES string of the molecule is COC(=O)c1cc(N)ccc1S(=O)(=O)NCCCSC. The predicted octanol–water partition coefficient (Wildman–Crippen LogP) is 1.09. The maximum atomic E-state index is 12.2. The summed E-state index contributed by atoms with van der Waals surface area (Å²) >= 11 is 1.64. The second kappa shape index (κ2) is 7.51. The second-order valence-corrected chi connectivity index (χ2v) is 6.71. The number of hydrogen-bond acceptors (Lipinski definition) is 6. The molecule has 0 radical (unpaired) electrons. The summed E-state index contributed by atoms with van der Waals surface area (Å²) in [5.41, 5.74) is 5.81. The van der Waals surface area contributed by atoms with Crippen LogP contribution >= 0.6 is 11.8 Å². The van der Waals surface area contributed by atoms with E-state index in [-0.39, 0.29) is 10.5 Å². The van der Waals surface area contributed by atoms with Gasteiger partial charge < -0.3 is 10.5 Å². The van der Waals surface area contributed by atoms with Crippen LogP contribution in [0.5, 0.6) is 0 Å². The van der Waals surface area contributed by atoms with Crippen molar-refractivity contribution in [3.63, 3.8) is 0 Å². The number of methoxy groups -OCH3 is 1. The summed E-state index contributed by atoms with van der Waals surface area (Å²) in [7, 11) is -2.57. The van der Waals surface area contributed by atoms with Crippen molar-refractivity contribution < 1.29 is 17.9 Å². The molecular weight excluding hydrogens is 300 g/mol. The highest BCUT2D eigenvalue weighted by molar-refractivity contribution is 7.98. The Morgan fingerprint density at radius 3 is 2.75 bits per heavy atom. The molecule has 0 aliphatic carbocycles. The molecule has 1 aromatic carbocycles. The van der Waals surface area contributed by atoms with Crippen LogP contribution in [0.25, 0.3) is 0 Å². The molecule has 0 saturated heterocycles. The fourth-order valence-electron chi connectivity index (χ4n) is 1.55. The zero-order valence-corrected chi connectivity index (χ0v) is 13.0. The lowest BCUT2D eigenvalue weighted by Gasteiger charge is -2.11. The van der Waals surface area contributed by atoms with Crippen LogP contribution in [0.2, 0.25) is 0 Å². The van der Waals surface area contributed by atoms with Gasteiger partial charge in [0.15, 0.2) is 0 Å². The average Bonchev–Trinajstić information content (AvgIpc) is 2.42. The number of rotatable bonds is 7. The first-order valence-corrected chi connectivity index (χ1v) is 8.76. The maximum Gasteiger partial charge on any atom is 0.339 e. The number of hydrogen-bond donors (Lipinski definition) is 2. The van der Waals surface area contributed by atoms with Gasteiger partial charge in [0.25, 0.3) is 0 Å². The smallest absolute Gasteiger partial charge is 0.339 e. The fourth-order valence-corrected chi connectivity index (χ4v) is 3.23. The highest BCUT2D eigenvalue weighted by Gasteiger charge is 2.22. The van der Waals surface area contributed by atoms with E-state index < -0.39 is 16.0 Å². The Kier molecular flexibility index (Phi) is 6.31. The van der Waals surface area contributed by atoms with Crippen molar-refractivity contribution in [2.75, 3.05) is 31.4 Å². The Morgan fingerprint density at radius 1 is 1.45 bits per heavy atom. The highest BCUT2D eigenvalue weighted by Crippen LogP contribution is 2.19. The van der Waals surface area contributed by atoms with E-state index in [1.165, 1.54) is 25.3 Å². The first-order valence-electron chi connectivity index (χ1n) is 5.89. The van der Waals surface area contributed by atoms with Crippen LogP contribution in [-0.4, -0.2) is 40.1 Å². The number of anilines is 1. The van der Waals surface area contributed by atoms with Gasteiger partial charge in [-0.15, -0.1) is 0 Å². The van der Waals surface area contributed by atoms with Gasteiger partial charge in [-0.1, -0.05) is 0 Å². The number of thioether (sulfide) groups is 1. The molecule has 0 aliphatic heterocycles. The number of carbonyl (C=O) groups is 1. The summed E-state index contributed by atoms with van der Waals surface area (Å²) in [4.78, 5) is 11.5. The number of nitrogens with one attached hydrogen (secondary N) is 1. The summed E-state index contributed by atoms with van der Waals surface area (Å²) in [6.45, 7) is 0.314. The number of nitrogens with two attached hydrogens (primary N) is 1. The molecule has 1 aromatic rings. The predicted molar refractivity (Wildman–Crippen MR) is 80.4 cm³/mol. The topological polar surface area (TPSA) is 98.5 Å². The molecule has 0 unspecified atom stereocenters. The summed E-state index contributed by atoms with van der Waals surface area (Å²) in [5.74, 6) is 0.121. The second-order valence-electron chi connectivity index (χ2n) is 3.99. The minimum Gasteiger partial charge on any atom is -0.465 e. The van der Waals surface area contributed by atoms with Crippen LogP contribution < -0.4 is 10.5 Å². The van der Waals surface area contributed by atoms with Crippen LogP contribution in [0.4, 0.5) is 5.69 Å². The van der Waals surface area contributed by atoms with Crippen molar-refractivity contribution >= 4 is 33.4 Å². The van der Waals surface area contributed by atoms with Crippen LogP contribution in [0, 0.1) is 0 Å². The number of carbonyl (C=O) groups excluding carboxylic acids is 1. The van der Waals surface area contributed by atoms with Crippen molar-refractivity contribution in [3.8, 4) is 0 Å². The molecule has 0 spiro atoms. The van der Waals surface area contributed by atoms with E-state index in [9.17, 15) is 13.2 Å². The third-order valence-corrected chi connectivity index (χ3v) is 4.73. The fraction of sp³-hybridized carbons (Fsp3) is 0.417. The van der Waals surface area contributed by atoms with Crippen molar-refractivity contribution in [3.05, 3.63) is 23.8 Å². The molecule has 0 heterocycles. The van der Waals surface area contributed by atoms with E-state index in [2.05, 4.69) is 9.46 Å². The van der Waals surface area contributed by atoms with E-state index in [1.54, 1.807) is 11.8 Å². The summed E-state index contributed by atoms with van der Waals surface area (Å²) < 4.78 is 31.4. The lowest BCUT2D eigenvalue weighted by molar-refractivity contribution is 0.0596. The molecule has 8 heteroatoms. The summed E-state index contributed by atoms with van der Waals surface area (Å²) in [6, 6.07) is 4.03. The first kappa shape index (κ1) is 16.8. The first-order chi connectivity index (χ1) is 9.42. The Hall–Kier alpha value is -1.25. The Labute approximate surface area is 123 Å². The molecule has 0 atom stereocenters. The molecule has 20 heavy (non-hydrogen) atoms. The van der Waals surface area contributed by atoms with Crippen molar-refractivity contribution in [2.45, 2.75) is 11.3 Å². The number of benzene rings is 1. The minimum absolute atomic E-state index is 0.0649. The van der Waals surface area contributed by atoms with Crippen molar-refractivity contribution in [1.82, 2.24) is 4.72 Å². The van der Waals surface area contributed by atoms with Crippen molar-refractivity contribution in [2.24, 2.45) is 0 Å². The van der Waals surface area contributed by atoms with E-state index >= 15 is 0 Å². The lowest BCUT2D eigenvalue weighted by Crippen LogP contribution is -2.27. The van der Waals surface area contributed by atoms with E-state index in [1.807, 2.05) is 6.26 Å². The third-order valence-electron chi connectivity index (χ3n) is 2.52. The van der Waals surface area contributed by atoms with Crippen LogP contribution in [0.3, 0.4) is 0 Å². The van der Waals surface area contributed by atoms with E-state index in [0.29, 0.717) is 18.7 Å². The molecule has 0 fully saturated rings. The average molecular weight is 318 g/mol. The summed E-state index contributed by atoms with van der Waals surface area (Å²) in [6.07, 6.45) is 2.66. The number of ether oxygens (including phenoxy) is 1. The highest BCUT2D eigenvalue weighted by atomic mass is 32.2. The van der Waals surface area contributed by atoms with Crippen LogP contribution in [0.1, 0.15) is 16.8 Å². The quantitative estimate of drug-likeness (QED) is 0.443. The molecular formula is C12H18N2O4S2. The molecule has 112 valence electrons. The van der Waals surface area contributed by atoms with Gasteiger partial charge >= 0.3 is 5.97 Å². The molecule has 0 aliphatic rings. The maximum absolute atomic E-state index is 12.2. The zero-order valence-electron chi connectivity index (χ0n) is 11.4. The van der Waals surface area contributed by atoms with Gasteiger partial charge in [-0.2, -0.15) is 11.8 Å². The Morgan fingerprint density at radius 2 is 2.15 bits per heavy atom. The zero-order chi connectivity index (χ0) is 15.2. The molecule has 0 saturated carbocycles. The van der Waals surface area contributed by atoms with Crippen LogP contribution in [-0.2, 0) is 14.8 Å². The van der Waals surface area contributed by atoms with E-state index in [4.69, 9.17) is 5.73 Å². The molecule has 6 nitrogen and oxygen atoms in total. The number of sulfonamides is 1. The Balaban J connectivity index is 3.02. The molecule has 0 bridgehead atoms. The Bertz CT molecular complexity index is 573. The lowest BCUT2D eigenvalue weighted by atomic mass is 10.2. The number of esters is 1. The summed E-state index contributed by atoms with van der Waals surface area (Å²) in [5, 5.41) is 0. The third kappa shape index (κ3) is 4.39. The van der Waals surface area contributed by atoms with Gasteiger partial charge in [0.2, 0.25) is 10.0 Å². The standard InChI is InChI=1S/C12H18N2O4S2/c1-18-12(15)10-8-9(13)4-5-11(10)20(16,17)14-6-3-7-19-2/h4-5,8,14H,3,6-7,13H2,1-2H3. The molecule has 0 aromatic heterocycles.